The first-order valence-corrected chi connectivity index (χ1v) is 9.06. The monoisotopic (exact) mass is 358 g/mol. The molecule has 1 aromatic carbocycles. The lowest BCUT2D eigenvalue weighted by atomic mass is 9.93. The van der Waals surface area contributed by atoms with Crippen molar-refractivity contribution in [2.45, 2.75) is 36.9 Å². The molecule has 0 amide bonds. The summed E-state index contributed by atoms with van der Waals surface area (Å²) in [6, 6.07) is 5.76. The lowest BCUT2D eigenvalue weighted by Crippen LogP contribution is -2.47. The molecule has 0 spiro atoms. The van der Waals surface area contributed by atoms with E-state index in [1.807, 2.05) is 0 Å². The predicted octanol–water partition coefficient (Wildman–Crippen LogP) is 3.59. The minimum Gasteiger partial charge on any atom is -0.264 e. The Balaban J connectivity index is 1.96. The first kappa shape index (κ1) is 17.2. The van der Waals surface area contributed by atoms with Crippen LogP contribution in [0.1, 0.15) is 19.8 Å². The van der Waals surface area contributed by atoms with Crippen molar-refractivity contribution in [3.8, 4) is 0 Å². The first-order valence-electron chi connectivity index (χ1n) is 7.62. The number of hydrogen-bond acceptors (Lipinski definition) is 3. The predicted molar refractivity (Wildman–Crippen MR) is 83.9 cm³/mol. The first-order chi connectivity index (χ1) is 11.2. The summed E-state index contributed by atoms with van der Waals surface area (Å²) in [5.41, 5.74) is 0. The van der Waals surface area contributed by atoms with E-state index in [0.29, 0.717) is 10.8 Å². The van der Waals surface area contributed by atoms with Crippen molar-refractivity contribution in [3.05, 3.63) is 36.7 Å². The maximum atomic E-state index is 13.0. The average molecular weight is 358 g/mol. The Morgan fingerprint density at radius 3 is 2.67 bits per heavy atom. The fourth-order valence-electron chi connectivity index (χ4n) is 3.25. The summed E-state index contributed by atoms with van der Waals surface area (Å²) in [6.07, 6.45) is -1.64. The molecule has 1 aliphatic rings. The smallest absolute Gasteiger partial charge is 0.264 e. The number of hydrogen-bond donors (Lipinski definition) is 0. The van der Waals surface area contributed by atoms with E-state index in [9.17, 15) is 21.6 Å². The number of benzene rings is 1. The van der Waals surface area contributed by atoms with Crippen LogP contribution in [0.5, 0.6) is 0 Å². The van der Waals surface area contributed by atoms with Crippen molar-refractivity contribution in [2.24, 2.45) is 5.92 Å². The summed E-state index contributed by atoms with van der Waals surface area (Å²) in [5.74, 6) is -1.45. The maximum Gasteiger partial charge on any atom is 0.391 e. The average Bonchev–Trinajstić information content (AvgIpc) is 2.53. The molecule has 0 bridgehead atoms. The van der Waals surface area contributed by atoms with E-state index in [1.165, 1.54) is 23.5 Å². The lowest BCUT2D eigenvalue weighted by molar-refractivity contribution is -0.186. The van der Waals surface area contributed by atoms with Crippen LogP contribution in [0.25, 0.3) is 10.8 Å². The highest BCUT2D eigenvalue weighted by Gasteiger charge is 2.45. The SMILES string of the molecule is CC1CC(C(F)(F)F)CCN1S(=O)(=O)c1cccc2cnccc12. The largest absolute Gasteiger partial charge is 0.391 e. The third-order valence-electron chi connectivity index (χ3n) is 4.51. The van der Waals surface area contributed by atoms with Crippen molar-refractivity contribution >= 4 is 20.8 Å². The number of aromatic nitrogens is 1. The second kappa shape index (κ2) is 6.00. The zero-order valence-corrected chi connectivity index (χ0v) is 13.8. The Morgan fingerprint density at radius 1 is 1.25 bits per heavy atom. The molecule has 0 N–H and O–H groups in total. The fraction of sp³-hybridized carbons (Fsp3) is 0.438. The standard InChI is InChI=1S/C16H17F3N2O2S/c1-11-9-13(16(17,18)19)6-8-21(11)24(22,23)15-4-2-3-12-10-20-7-5-14(12)15/h2-5,7,10-11,13H,6,8-9H2,1H3. The number of nitrogens with zero attached hydrogens (tertiary/aromatic N) is 2. The minimum atomic E-state index is -4.28. The number of sulfonamides is 1. The second-order valence-electron chi connectivity index (χ2n) is 6.08. The van der Waals surface area contributed by atoms with Gasteiger partial charge >= 0.3 is 6.18 Å². The van der Waals surface area contributed by atoms with Crippen LogP contribution in [-0.2, 0) is 10.0 Å². The lowest BCUT2D eigenvalue weighted by Gasteiger charge is -2.37. The van der Waals surface area contributed by atoms with Crippen LogP contribution in [0.3, 0.4) is 0 Å². The number of fused-ring (bicyclic) bond motifs is 1. The van der Waals surface area contributed by atoms with Crippen LogP contribution in [0.4, 0.5) is 13.2 Å². The molecular formula is C16H17F3N2O2S. The Hall–Kier alpha value is -1.67. The van der Waals surface area contributed by atoms with E-state index in [-0.39, 0.29) is 24.3 Å². The fourth-order valence-corrected chi connectivity index (χ4v) is 5.12. The maximum absolute atomic E-state index is 13.0. The quantitative estimate of drug-likeness (QED) is 0.824. The van der Waals surface area contributed by atoms with Gasteiger partial charge in [-0.2, -0.15) is 17.5 Å². The molecule has 0 saturated carbocycles. The molecule has 4 nitrogen and oxygen atoms in total. The molecule has 2 aromatic rings. The van der Waals surface area contributed by atoms with Crippen LogP contribution < -0.4 is 0 Å². The number of rotatable bonds is 2. The van der Waals surface area contributed by atoms with Gasteiger partial charge in [-0.1, -0.05) is 12.1 Å². The summed E-state index contributed by atoms with van der Waals surface area (Å²) < 4.78 is 65.9. The third kappa shape index (κ3) is 3.00. The van der Waals surface area contributed by atoms with E-state index in [0.717, 1.165) is 0 Å². The highest BCUT2D eigenvalue weighted by Crippen LogP contribution is 2.38. The van der Waals surface area contributed by atoms with Crippen LogP contribution >= 0.6 is 0 Å². The summed E-state index contributed by atoms with van der Waals surface area (Å²) in [4.78, 5) is 4.08. The molecule has 0 radical (unpaired) electrons. The van der Waals surface area contributed by atoms with Crippen LogP contribution in [0, 0.1) is 5.92 Å². The normalized spacial score (nSPS) is 23.5. The van der Waals surface area contributed by atoms with E-state index >= 15 is 0 Å². The van der Waals surface area contributed by atoms with Crippen molar-refractivity contribution in [1.82, 2.24) is 9.29 Å². The third-order valence-corrected chi connectivity index (χ3v) is 6.58. The molecule has 2 heterocycles. The van der Waals surface area contributed by atoms with Gasteiger partial charge in [0.2, 0.25) is 10.0 Å². The number of piperidine rings is 1. The van der Waals surface area contributed by atoms with E-state index in [4.69, 9.17) is 0 Å². The second-order valence-corrected chi connectivity index (χ2v) is 7.94. The molecule has 2 atom stereocenters. The number of alkyl halides is 3. The van der Waals surface area contributed by atoms with Gasteiger partial charge in [0.15, 0.2) is 0 Å². The van der Waals surface area contributed by atoms with Crippen molar-refractivity contribution in [1.29, 1.82) is 0 Å². The Kier molecular flexibility index (Phi) is 4.29. The molecular weight excluding hydrogens is 341 g/mol. The summed E-state index contributed by atoms with van der Waals surface area (Å²) in [7, 11) is -3.87. The molecule has 130 valence electrons. The van der Waals surface area contributed by atoms with Crippen LogP contribution in [-0.4, -0.2) is 36.5 Å². The van der Waals surface area contributed by atoms with E-state index in [2.05, 4.69) is 4.98 Å². The van der Waals surface area contributed by atoms with Crippen LogP contribution in [0.15, 0.2) is 41.6 Å². The molecule has 2 unspecified atom stereocenters. The number of pyridine rings is 1. The summed E-state index contributed by atoms with van der Waals surface area (Å²) in [5, 5.41) is 1.20. The van der Waals surface area contributed by atoms with Gasteiger partial charge in [0.25, 0.3) is 0 Å². The van der Waals surface area contributed by atoms with Crippen molar-refractivity contribution in [2.75, 3.05) is 6.54 Å². The van der Waals surface area contributed by atoms with Gasteiger partial charge in [-0.05, 0) is 31.9 Å². The molecule has 24 heavy (non-hydrogen) atoms. The topological polar surface area (TPSA) is 50.3 Å². The van der Waals surface area contributed by atoms with E-state index in [1.54, 1.807) is 24.4 Å². The van der Waals surface area contributed by atoms with Gasteiger partial charge in [0.05, 0.1) is 10.8 Å². The molecule has 3 rings (SSSR count). The van der Waals surface area contributed by atoms with Gasteiger partial charge in [-0.15, -0.1) is 0 Å². The molecule has 1 saturated heterocycles. The zero-order chi connectivity index (χ0) is 17.5. The Bertz CT molecular complexity index is 847. The van der Waals surface area contributed by atoms with Gasteiger partial charge < -0.3 is 0 Å². The molecule has 1 fully saturated rings. The number of halogens is 3. The highest BCUT2D eigenvalue weighted by molar-refractivity contribution is 7.89. The van der Waals surface area contributed by atoms with Gasteiger partial charge in [-0.25, -0.2) is 8.42 Å². The molecule has 1 aliphatic heterocycles. The Morgan fingerprint density at radius 2 is 2.00 bits per heavy atom. The van der Waals surface area contributed by atoms with Crippen molar-refractivity contribution in [3.63, 3.8) is 0 Å². The minimum absolute atomic E-state index is 0.111. The molecule has 8 heteroatoms. The highest BCUT2D eigenvalue weighted by atomic mass is 32.2. The summed E-state index contributed by atoms with van der Waals surface area (Å²) >= 11 is 0. The van der Waals surface area contributed by atoms with Gasteiger partial charge in [0, 0.05) is 35.8 Å². The van der Waals surface area contributed by atoms with E-state index < -0.39 is 28.2 Å². The molecule has 0 aliphatic carbocycles. The van der Waals surface area contributed by atoms with Gasteiger partial charge in [-0.3, -0.25) is 4.98 Å². The van der Waals surface area contributed by atoms with Crippen LogP contribution in [0.2, 0.25) is 0 Å². The zero-order valence-electron chi connectivity index (χ0n) is 13.0. The van der Waals surface area contributed by atoms with Crippen molar-refractivity contribution < 1.29 is 21.6 Å². The van der Waals surface area contributed by atoms with Gasteiger partial charge in [0.1, 0.15) is 0 Å². The summed E-state index contributed by atoms with van der Waals surface area (Å²) in [6.45, 7) is 1.40. The molecule has 1 aromatic heterocycles. The Labute approximate surface area is 138 Å².